The Morgan fingerprint density at radius 1 is 1.23 bits per heavy atom. The highest BCUT2D eigenvalue weighted by atomic mass is 16.5. The second-order valence-electron chi connectivity index (χ2n) is 6.49. The van der Waals surface area contributed by atoms with Crippen LogP contribution in [0.25, 0.3) is 5.57 Å². The summed E-state index contributed by atoms with van der Waals surface area (Å²) >= 11 is 0. The van der Waals surface area contributed by atoms with E-state index in [0.29, 0.717) is 0 Å². The number of allylic oxidation sites excluding steroid dienone is 7. The molecule has 134 valence electrons. The molecule has 3 nitrogen and oxygen atoms in total. The van der Waals surface area contributed by atoms with Gasteiger partial charge in [-0.05, 0) is 54.8 Å². The fourth-order valence-electron chi connectivity index (χ4n) is 3.19. The molecule has 0 amide bonds. The molecule has 0 fully saturated rings. The Balaban J connectivity index is 2.10. The van der Waals surface area contributed by atoms with Crippen LogP contribution in [-0.4, -0.2) is 25.0 Å². The van der Waals surface area contributed by atoms with Crippen molar-refractivity contribution >= 4 is 11.3 Å². The summed E-state index contributed by atoms with van der Waals surface area (Å²) in [6.07, 6.45) is 13.9. The third-order valence-electron chi connectivity index (χ3n) is 4.45. The standard InChI is InChI=1S/C23H26N2O/c1-5-24-21-12-11-19(16-18(21)3)20-10-8-13-25(4)23(20)22-15-17(2)9-6-7-14-26-22/h6-12,14-16,24H,2,5,13H2,1,3-4H3/b9-6-,14-7-,22-15-. The first kappa shape index (κ1) is 17.9. The lowest BCUT2D eigenvalue weighted by Crippen LogP contribution is -2.23. The summed E-state index contributed by atoms with van der Waals surface area (Å²) in [7, 11) is 2.09. The van der Waals surface area contributed by atoms with E-state index in [1.165, 1.54) is 16.8 Å². The number of aryl methyl sites for hydroxylation is 1. The SMILES string of the molecule is C=C1/C=C\C=C/O/C(C2=C(c3ccc(NCC)c(C)c3)C=CCN2C)=C\1. The average Bonchev–Trinajstić information content (AvgIpc) is 2.60. The molecule has 2 aliphatic heterocycles. The molecule has 0 radical (unpaired) electrons. The molecule has 0 aliphatic carbocycles. The zero-order valence-corrected chi connectivity index (χ0v) is 15.8. The van der Waals surface area contributed by atoms with Gasteiger partial charge in [0.1, 0.15) is 0 Å². The van der Waals surface area contributed by atoms with Crippen molar-refractivity contribution in [3.63, 3.8) is 0 Å². The second kappa shape index (κ2) is 7.96. The number of ether oxygens (including phenoxy) is 1. The van der Waals surface area contributed by atoms with E-state index in [0.717, 1.165) is 35.7 Å². The van der Waals surface area contributed by atoms with Crippen molar-refractivity contribution in [1.82, 2.24) is 4.90 Å². The molecule has 0 unspecified atom stereocenters. The molecular formula is C23H26N2O. The molecule has 26 heavy (non-hydrogen) atoms. The molecule has 1 aromatic rings. The topological polar surface area (TPSA) is 24.5 Å². The Kier molecular flexibility index (Phi) is 5.47. The smallest absolute Gasteiger partial charge is 0.151 e. The lowest BCUT2D eigenvalue weighted by molar-refractivity contribution is 0.322. The summed E-state index contributed by atoms with van der Waals surface area (Å²) in [6, 6.07) is 6.54. The summed E-state index contributed by atoms with van der Waals surface area (Å²) in [5, 5.41) is 3.40. The van der Waals surface area contributed by atoms with Gasteiger partial charge in [0.05, 0.1) is 12.0 Å². The number of hydrogen-bond acceptors (Lipinski definition) is 3. The highest BCUT2D eigenvalue weighted by Gasteiger charge is 2.20. The lowest BCUT2D eigenvalue weighted by atomic mass is 9.96. The Bertz CT molecular complexity index is 853. The first-order chi connectivity index (χ1) is 12.6. The van der Waals surface area contributed by atoms with Crippen LogP contribution >= 0.6 is 0 Å². The van der Waals surface area contributed by atoms with Crippen molar-refractivity contribution in [2.24, 2.45) is 0 Å². The predicted octanol–water partition coefficient (Wildman–Crippen LogP) is 5.18. The molecular weight excluding hydrogens is 320 g/mol. The highest BCUT2D eigenvalue weighted by Crippen LogP contribution is 2.33. The largest absolute Gasteiger partial charge is 0.463 e. The maximum atomic E-state index is 5.93. The quantitative estimate of drug-likeness (QED) is 0.813. The van der Waals surface area contributed by atoms with E-state index in [1.807, 2.05) is 24.3 Å². The van der Waals surface area contributed by atoms with E-state index in [-0.39, 0.29) is 0 Å². The third kappa shape index (κ3) is 3.83. The van der Waals surface area contributed by atoms with Crippen molar-refractivity contribution in [2.45, 2.75) is 13.8 Å². The van der Waals surface area contributed by atoms with Crippen LogP contribution in [0.3, 0.4) is 0 Å². The van der Waals surface area contributed by atoms with Crippen LogP contribution in [-0.2, 0) is 4.74 Å². The van der Waals surface area contributed by atoms with Crippen LogP contribution < -0.4 is 5.32 Å². The number of nitrogens with one attached hydrogen (secondary N) is 1. The van der Waals surface area contributed by atoms with Gasteiger partial charge in [0.15, 0.2) is 5.76 Å². The van der Waals surface area contributed by atoms with Gasteiger partial charge in [0, 0.05) is 31.4 Å². The van der Waals surface area contributed by atoms with Gasteiger partial charge in [0.2, 0.25) is 0 Å². The molecule has 2 aliphatic rings. The first-order valence-electron chi connectivity index (χ1n) is 8.98. The van der Waals surface area contributed by atoms with Gasteiger partial charge in [0.25, 0.3) is 0 Å². The van der Waals surface area contributed by atoms with Crippen molar-refractivity contribution < 1.29 is 4.74 Å². The first-order valence-corrected chi connectivity index (χ1v) is 8.98. The highest BCUT2D eigenvalue weighted by molar-refractivity contribution is 5.81. The maximum Gasteiger partial charge on any atom is 0.151 e. The minimum Gasteiger partial charge on any atom is -0.463 e. The van der Waals surface area contributed by atoms with Crippen molar-refractivity contribution in [3.05, 3.63) is 95.7 Å². The monoisotopic (exact) mass is 346 g/mol. The van der Waals surface area contributed by atoms with Crippen molar-refractivity contribution in [1.29, 1.82) is 0 Å². The molecule has 1 N–H and O–H groups in total. The van der Waals surface area contributed by atoms with Crippen molar-refractivity contribution in [2.75, 3.05) is 25.5 Å². The summed E-state index contributed by atoms with van der Waals surface area (Å²) in [5.41, 5.74) is 6.73. The minimum atomic E-state index is 0.811. The van der Waals surface area contributed by atoms with E-state index in [9.17, 15) is 0 Å². The molecule has 0 aromatic heterocycles. The van der Waals surface area contributed by atoms with Crippen LogP contribution in [0.4, 0.5) is 5.69 Å². The molecule has 3 rings (SSSR count). The lowest BCUT2D eigenvalue weighted by Gasteiger charge is -2.29. The number of nitrogens with zero attached hydrogens (tertiary/aromatic N) is 1. The van der Waals surface area contributed by atoms with Crippen LogP contribution in [0.1, 0.15) is 18.1 Å². The van der Waals surface area contributed by atoms with Gasteiger partial charge in [-0.2, -0.15) is 0 Å². The van der Waals surface area contributed by atoms with Gasteiger partial charge >= 0.3 is 0 Å². The predicted molar refractivity (Wildman–Crippen MR) is 111 cm³/mol. The number of likely N-dealkylation sites (N-methyl/N-ethyl adjacent to an activating group) is 1. The zero-order chi connectivity index (χ0) is 18.5. The Hall–Kier alpha value is -2.94. The summed E-state index contributed by atoms with van der Waals surface area (Å²) in [5.74, 6) is 0.811. The Labute approximate surface area is 156 Å². The number of anilines is 1. The number of hydrogen-bond donors (Lipinski definition) is 1. The van der Waals surface area contributed by atoms with E-state index in [1.54, 1.807) is 6.26 Å². The summed E-state index contributed by atoms with van der Waals surface area (Å²) in [4.78, 5) is 2.21. The van der Waals surface area contributed by atoms with Crippen LogP contribution in [0.15, 0.2) is 84.5 Å². The number of rotatable bonds is 4. The molecule has 1 aromatic carbocycles. The Morgan fingerprint density at radius 3 is 2.85 bits per heavy atom. The van der Waals surface area contributed by atoms with Gasteiger partial charge in [-0.15, -0.1) is 0 Å². The minimum absolute atomic E-state index is 0.811. The maximum absolute atomic E-state index is 5.93. The molecule has 3 heteroatoms. The molecule has 2 heterocycles. The molecule has 0 saturated heterocycles. The Morgan fingerprint density at radius 2 is 2.08 bits per heavy atom. The normalized spacial score (nSPS) is 21.4. The van der Waals surface area contributed by atoms with Crippen LogP contribution in [0.5, 0.6) is 0 Å². The van der Waals surface area contributed by atoms with Crippen LogP contribution in [0, 0.1) is 6.92 Å². The van der Waals surface area contributed by atoms with E-state index >= 15 is 0 Å². The number of benzene rings is 1. The average molecular weight is 346 g/mol. The van der Waals surface area contributed by atoms with Crippen LogP contribution in [0.2, 0.25) is 0 Å². The summed E-state index contributed by atoms with van der Waals surface area (Å²) in [6.45, 7) is 10.1. The summed E-state index contributed by atoms with van der Waals surface area (Å²) < 4.78 is 5.93. The molecule has 0 spiro atoms. The fourth-order valence-corrected chi connectivity index (χ4v) is 3.19. The molecule has 0 atom stereocenters. The molecule has 0 saturated carbocycles. The van der Waals surface area contributed by atoms with E-state index < -0.39 is 0 Å². The van der Waals surface area contributed by atoms with Gasteiger partial charge < -0.3 is 15.0 Å². The van der Waals surface area contributed by atoms with Crippen molar-refractivity contribution in [3.8, 4) is 0 Å². The van der Waals surface area contributed by atoms with Gasteiger partial charge in [-0.3, -0.25) is 0 Å². The zero-order valence-electron chi connectivity index (χ0n) is 15.8. The van der Waals surface area contributed by atoms with E-state index in [4.69, 9.17) is 4.74 Å². The fraction of sp³-hybridized carbons (Fsp3) is 0.217. The third-order valence-corrected chi connectivity index (χ3v) is 4.45. The van der Waals surface area contributed by atoms with Gasteiger partial charge in [-0.1, -0.05) is 36.9 Å². The van der Waals surface area contributed by atoms with Gasteiger partial charge in [-0.25, -0.2) is 0 Å². The second-order valence-corrected chi connectivity index (χ2v) is 6.49. The molecule has 0 bridgehead atoms. The van der Waals surface area contributed by atoms with E-state index in [2.05, 4.69) is 68.0 Å².